The third kappa shape index (κ3) is 5.37. The molecule has 3 aromatic carbocycles. The first-order valence-electron chi connectivity index (χ1n) is 10.3. The molecule has 0 radical (unpaired) electrons. The Morgan fingerprint density at radius 2 is 1.88 bits per heavy atom. The van der Waals surface area contributed by atoms with Gasteiger partial charge >= 0.3 is 0 Å². The molecule has 0 atom stereocenters. The van der Waals surface area contributed by atoms with Crippen LogP contribution in [-0.4, -0.2) is 34.0 Å². The van der Waals surface area contributed by atoms with E-state index in [4.69, 9.17) is 4.74 Å². The zero-order chi connectivity index (χ0) is 24.1. The molecule has 9 heteroatoms. The summed E-state index contributed by atoms with van der Waals surface area (Å²) >= 11 is 4.59. The Balaban J connectivity index is 1.56. The predicted octanol–water partition coefficient (Wildman–Crippen LogP) is 4.79. The Morgan fingerprint density at radius 1 is 1.12 bits per heavy atom. The number of hydrogen-bond acceptors (Lipinski definition) is 6. The van der Waals surface area contributed by atoms with Crippen LogP contribution in [0.3, 0.4) is 0 Å². The number of ether oxygens (including phenoxy) is 1. The molecule has 0 aliphatic rings. The standard InChI is InChI=1S/C25H21BrN4O3S/c1-16(17-6-5-7-20(14-17)33-2)28-29-23(31)15-34-25-27-22-9-4-3-8-21(22)24(32)30(25)19-12-10-18(26)11-13-19/h3-14H,15H2,1-2H3,(H,29,31)/b28-16+. The number of benzene rings is 3. The van der Waals surface area contributed by atoms with Gasteiger partial charge in [0.1, 0.15) is 5.75 Å². The van der Waals surface area contributed by atoms with Crippen LogP contribution >= 0.6 is 27.7 Å². The fourth-order valence-corrected chi connectivity index (χ4v) is 4.32. The lowest BCUT2D eigenvalue weighted by Crippen LogP contribution is -2.24. The highest BCUT2D eigenvalue weighted by Gasteiger charge is 2.15. The molecule has 7 nitrogen and oxygen atoms in total. The monoisotopic (exact) mass is 536 g/mol. The molecule has 0 saturated carbocycles. The maximum Gasteiger partial charge on any atom is 0.266 e. The number of carbonyl (C=O) groups is 1. The van der Waals surface area contributed by atoms with Crippen LogP contribution in [0.1, 0.15) is 12.5 Å². The SMILES string of the molecule is COc1cccc(/C(C)=N/NC(=O)CSc2nc3ccccc3c(=O)n2-c2ccc(Br)cc2)c1. The lowest BCUT2D eigenvalue weighted by molar-refractivity contribution is -0.118. The van der Waals surface area contributed by atoms with Crippen molar-refractivity contribution in [1.82, 2.24) is 15.0 Å². The summed E-state index contributed by atoms with van der Waals surface area (Å²) in [6, 6.07) is 22.0. The molecule has 0 aliphatic heterocycles. The molecule has 0 bridgehead atoms. The molecule has 0 unspecified atom stereocenters. The van der Waals surface area contributed by atoms with Gasteiger partial charge < -0.3 is 4.74 Å². The van der Waals surface area contributed by atoms with Crippen LogP contribution in [0.4, 0.5) is 0 Å². The number of para-hydroxylation sites is 1. The fourth-order valence-electron chi connectivity index (χ4n) is 3.25. The van der Waals surface area contributed by atoms with E-state index in [1.165, 1.54) is 16.3 Å². The van der Waals surface area contributed by atoms with Crippen LogP contribution in [0.5, 0.6) is 5.75 Å². The van der Waals surface area contributed by atoms with E-state index in [2.05, 4.69) is 31.4 Å². The van der Waals surface area contributed by atoms with Gasteiger partial charge in [-0.1, -0.05) is 52.0 Å². The largest absolute Gasteiger partial charge is 0.497 e. The van der Waals surface area contributed by atoms with Gasteiger partial charge in [0.15, 0.2) is 5.16 Å². The van der Waals surface area contributed by atoms with Crippen LogP contribution in [0, 0.1) is 0 Å². The Bertz CT molecular complexity index is 1430. The summed E-state index contributed by atoms with van der Waals surface area (Å²) in [6.07, 6.45) is 0. The Morgan fingerprint density at radius 3 is 2.65 bits per heavy atom. The van der Waals surface area contributed by atoms with E-state index < -0.39 is 0 Å². The fraction of sp³-hybridized carbons (Fsp3) is 0.120. The number of aromatic nitrogens is 2. The molecule has 0 saturated heterocycles. The van der Waals surface area contributed by atoms with Gasteiger partial charge in [0, 0.05) is 10.0 Å². The van der Waals surface area contributed by atoms with Gasteiger partial charge in [-0.2, -0.15) is 5.10 Å². The van der Waals surface area contributed by atoms with Crippen molar-refractivity contribution >= 4 is 50.2 Å². The summed E-state index contributed by atoms with van der Waals surface area (Å²) in [4.78, 5) is 30.5. The number of halogens is 1. The zero-order valence-electron chi connectivity index (χ0n) is 18.5. The zero-order valence-corrected chi connectivity index (χ0v) is 20.9. The Hall–Kier alpha value is -3.43. The van der Waals surface area contributed by atoms with Crippen molar-refractivity contribution in [3.05, 3.63) is 93.2 Å². The van der Waals surface area contributed by atoms with Crippen molar-refractivity contribution < 1.29 is 9.53 Å². The number of hydrazone groups is 1. The summed E-state index contributed by atoms with van der Waals surface area (Å²) in [7, 11) is 1.60. The summed E-state index contributed by atoms with van der Waals surface area (Å²) in [6.45, 7) is 1.80. The first-order chi connectivity index (χ1) is 16.5. The van der Waals surface area contributed by atoms with Crippen LogP contribution < -0.4 is 15.7 Å². The van der Waals surface area contributed by atoms with E-state index in [1.54, 1.807) is 32.2 Å². The van der Waals surface area contributed by atoms with Crippen molar-refractivity contribution in [2.75, 3.05) is 12.9 Å². The first kappa shape index (κ1) is 23.7. The van der Waals surface area contributed by atoms with Gasteiger partial charge in [0.25, 0.3) is 11.5 Å². The maximum absolute atomic E-state index is 13.3. The number of thioether (sulfide) groups is 1. The number of carbonyl (C=O) groups excluding carboxylic acids is 1. The summed E-state index contributed by atoms with van der Waals surface area (Å²) in [5.41, 5.74) is 5.11. The quantitative estimate of drug-likeness (QED) is 0.159. The third-order valence-corrected chi connectivity index (χ3v) is 6.47. The molecule has 0 spiro atoms. The molecule has 4 aromatic rings. The van der Waals surface area contributed by atoms with Gasteiger partial charge in [0.2, 0.25) is 0 Å². The molecule has 0 aliphatic carbocycles. The van der Waals surface area contributed by atoms with Crippen LogP contribution in [-0.2, 0) is 4.79 Å². The smallest absolute Gasteiger partial charge is 0.266 e. The Kier molecular flexibility index (Phi) is 7.44. The molecule has 4 rings (SSSR count). The van der Waals surface area contributed by atoms with Gasteiger partial charge in [-0.25, -0.2) is 10.4 Å². The predicted molar refractivity (Wildman–Crippen MR) is 139 cm³/mol. The summed E-state index contributed by atoms with van der Waals surface area (Å²) < 4.78 is 7.65. The highest BCUT2D eigenvalue weighted by molar-refractivity contribution is 9.10. The topological polar surface area (TPSA) is 85.6 Å². The van der Waals surface area contributed by atoms with Crippen molar-refractivity contribution in [3.8, 4) is 11.4 Å². The van der Waals surface area contributed by atoms with E-state index in [0.717, 1.165) is 10.0 Å². The molecule has 0 fully saturated rings. The van der Waals surface area contributed by atoms with Gasteiger partial charge in [0.05, 0.1) is 35.2 Å². The second-order valence-corrected chi connectivity index (χ2v) is 9.14. The lowest BCUT2D eigenvalue weighted by Gasteiger charge is -2.13. The van der Waals surface area contributed by atoms with E-state index in [-0.39, 0.29) is 17.2 Å². The minimum absolute atomic E-state index is 0.0379. The van der Waals surface area contributed by atoms with E-state index >= 15 is 0 Å². The number of rotatable bonds is 7. The molecule has 1 N–H and O–H groups in total. The lowest BCUT2D eigenvalue weighted by atomic mass is 10.1. The molecular weight excluding hydrogens is 516 g/mol. The number of nitrogens with zero attached hydrogens (tertiary/aromatic N) is 3. The molecule has 172 valence electrons. The van der Waals surface area contributed by atoms with Gasteiger partial charge in [-0.05, 0) is 55.5 Å². The summed E-state index contributed by atoms with van der Waals surface area (Å²) in [5.74, 6) is 0.440. The van der Waals surface area contributed by atoms with Crippen molar-refractivity contribution in [1.29, 1.82) is 0 Å². The van der Waals surface area contributed by atoms with Gasteiger partial charge in [-0.15, -0.1) is 0 Å². The number of amides is 1. The Labute approximate surface area is 209 Å². The van der Waals surface area contributed by atoms with Crippen LogP contribution in [0.2, 0.25) is 0 Å². The normalized spacial score (nSPS) is 11.4. The highest BCUT2D eigenvalue weighted by Crippen LogP contribution is 2.22. The van der Waals surface area contributed by atoms with Crippen molar-refractivity contribution in [2.24, 2.45) is 5.10 Å². The second kappa shape index (κ2) is 10.7. The molecule has 1 aromatic heterocycles. The molecule has 1 amide bonds. The highest BCUT2D eigenvalue weighted by atomic mass is 79.9. The molecular formula is C25H21BrN4O3S. The maximum atomic E-state index is 13.3. The number of fused-ring (bicyclic) bond motifs is 1. The molecule has 1 heterocycles. The number of hydrogen-bond donors (Lipinski definition) is 1. The van der Waals surface area contributed by atoms with E-state index in [0.29, 0.717) is 33.2 Å². The minimum atomic E-state index is -0.308. The number of nitrogens with one attached hydrogen (secondary N) is 1. The average molecular weight is 537 g/mol. The third-order valence-electron chi connectivity index (χ3n) is 5.00. The van der Waals surface area contributed by atoms with E-state index in [9.17, 15) is 9.59 Å². The van der Waals surface area contributed by atoms with Gasteiger partial charge in [-0.3, -0.25) is 14.2 Å². The second-order valence-electron chi connectivity index (χ2n) is 7.28. The van der Waals surface area contributed by atoms with Crippen LogP contribution in [0.25, 0.3) is 16.6 Å². The average Bonchev–Trinajstić information content (AvgIpc) is 2.87. The van der Waals surface area contributed by atoms with Crippen molar-refractivity contribution in [2.45, 2.75) is 12.1 Å². The minimum Gasteiger partial charge on any atom is -0.497 e. The summed E-state index contributed by atoms with van der Waals surface area (Å²) in [5, 5.41) is 5.13. The van der Waals surface area contributed by atoms with Crippen molar-refractivity contribution in [3.63, 3.8) is 0 Å². The van der Waals surface area contributed by atoms with Crippen LogP contribution in [0.15, 0.2) is 92.3 Å². The van der Waals surface area contributed by atoms with E-state index in [1.807, 2.05) is 54.6 Å². The first-order valence-corrected chi connectivity index (χ1v) is 12.1. The molecule has 34 heavy (non-hydrogen) atoms. The number of methoxy groups -OCH3 is 1.